The second kappa shape index (κ2) is 12.9. The molecule has 0 aliphatic heterocycles. The quantitative estimate of drug-likeness (QED) is 0.224. The first-order valence-corrected chi connectivity index (χ1v) is 10.7. The number of aliphatic carboxylic acids is 1. The van der Waals surface area contributed by atoms with Gasteiger partial charge in [0.2, 0.25) is 17.7 Å². The van der Waals surface area contributed by atoms with Crippen LogP contribution in [0.5, 0.6) is 0 Å². The Balaban J connectivity index is 3.03. The molecule has 0 heterocycles. The molecule has 30 heavy (non-hydrogen) atoms. The SMILES string of the molecule is CC(C)C[C@@H](C(=O)N[C@@H](Cc1ccccc1)C(N)=O)[C@H](CSCC(=O)O)C(=O)NO. The van der Waals surface area contributed by atoms with Gasteiger partial charge in [-0.2, -0.15) is 0 Å². The number of hydrogen-bond acceptors (Lipinski definition) is 6. The fourth-order valence-electron chi connectivity index (χ4n) is 3.04. The zero-order valence-corrected chi connectivity index (χ0v) is 17.9. The van der Waals surface area contributed by atoms with Crippen molar-refractivity contribution in [2.45, 2.75) is 32.7 Å². The summed E-state index contributed by atoms with van der Waals surface area (Å²) in [7, 11) is 0. The van der Waals surface area contributed by atoms with E-state index in [9.17, 15) is 19.2 Å². The highest BCUT2D eigenvalue weighted by Crippen LogP contribution is 2.25. The third-order valence-corrected chi connectivity index (χ3v) is 5.51. The van der Waals surface area contributed by atoms with Gasteiger partial charge < -0.3 is 16.2 Å². The number of primary amides is 1. The first-order valence-electron chi connectivity index (χ1n) is 9.52. The number of amides is 3. The minimum Gasteiger partial charge on any atom is -0.481 e. The second-order valence-corrected chi connectivity index (χ2v) is 8.41. The van der Waals surface area contributed by atoms with Gasteiger partial charge >= 0.3 is 5.97 Å². The van der Waals surface area contributed by atoms with Crippen molar-refractivity contribution in [1.82, 2.24) is 10.8 Å². The Morgan fingerprint density at radius 1 is 1.07 bits per heavy atom. The second-order valence-electron chi connectivity index (χ2n) is 7.38. The lowest BCUT2D eigenvalue weighted by atomic mass is 9.84. The Morgan fingerprint density at radius 2 is 1.70 bits per heavy atom. The molecule has 0 aliphatic carbocycles. The standard InChI is InChI=1S/C20H29N3O6S/c1-12(2)8-14(15(20(28)23-29)10-30-11-17(24)25)19(27)22-16(18(21)26)9-13-6-4-3-5-7-13/h3-7,12,14-16,29H,8-11H2,1-2H3,(H2,21,26)(H,22,27)(H,23,28)(H,24,25)/t14-,15+,16+/m1/s1. The number of hydrogen-bond donors (Lipinski definition) is 5. The average molecular weight is 440 g/mol. The highest BCUT2D eigenvalue weighted by atomic mass is 32.2. The molecule has 0 saturated heterocycles. The smallest absolute Gasteiger partial charge is 0.313 e. The molecule has 0 saturated carbocycles. The number of carbonyl (C=O) groups excluding carboxylic acids is 3. The highest BCUT2D eigenvalue weighted by molar-refractivity contribution is 7.99. The lowest BCUT2D eigenvalue weighted by Gasteiger charge is -2.27. The van der Waals surface area contributed by atoms with E-state index in [0.717, 1.165) is 17.3 Å². The summed E-state index contributed by atoms with van der Waals surface area (Å²) in [6.07, 6.45) is 0.495. The van der Waals surface area contributed by atoms with Crippen LogP contribution in [0.1, 0.15) is 25.8 Å². The van der Waals surface area contributed by atoms with Crippen LogP contribution < -0.4 is 16.5 Å². The van der Waals surface area contributed by atoms with E-state index in [0.29, 0.717) is 6.42 Å². The van der Waals surface area contributed by atoms with Crippen LogP contribution in [0, 0.1) is 17.8 Å². The maximum Gasteiger partial charge on any atom is 0.313 e. The number of benzene rings is 1. The fraction of sp³-hybridized carbons (Fsp3) is 0.500. The summed E-state index contributed by atoms with van der Waals surface area (Å²) in [5, 5.41) is 20.6. The van der Waals surface area contributed by atoms with Crippen LogP contribution in [0.3, 0.4) is 0 Å². The molecule has 0 aromatic heterocycles. The molecule has 0 fully saturated rings. The van der Waals surface area contributed by atoms with Gasteiger partial charge in [0.15, 0.2) is 0 Å². The number of carbonyl (C=O) groups is 4. The minimum absolute atomic E-state index is 0.0173. The largest absolute Gasteiger partial charge is 0.481 e. The van der Waals surface area contributed by atoms with Gasteiger partial charge in [-0.05, 0) is 17.9 Å². The van der Waals surface area contributed by atoms with Crippen molar-refractivity contribution >= 4 is 35.5 Å². The summed E-state index contributed by atoms with van der Waals surface area (Å²) in [5.41, 5.74) is 7.83. The minimum atomic E-state index is -1.05. The average Bonchev–Trinajstić information content (AvgIpc) is 2.69. The Bertz CT molecular complexity index is 729. The molecule has 9 nitrogen and oxygen atoms in total. The Morgan fingerprint density at radius 3 is 2.20 bits per heavy atom. The zero-order valence-electron chi connectivity index (χ0n) is 17.0. The third kappa shape index (κ3) is 8.83. The molecular weight excluding hydrogens is 410 g/mol. The molecule has 6 N–H and O–H groups in total. The molecule has 0 aliphatic rings. The van der Waals surface area contributed by atoms with E-state index in [4.69, 9.17) is 16.0 Å². The summed E-state index contributed by atoms with van der Waals surface area (Å²) >= 11 is 0.971. The van der Waals surface area contributed by atoms with Gasteiger partial charge in [0, 0.05) is 12.2 Å². The summed E-state index contributed by atoms with van der Waals surface area (Å²) in [6, 6.07) is 8.07. The molecule has 1 aromatic rings. The maximum atomic E-state index is 13.0. The van der Waals surface area contributed by atoms with E-state index >= 15 is 0 Å². The summed E-state index contributed by atoms with van der Waals surface area (Å²) < 4.78 is 0. The van der Waals surface area contributed by atoms with Gasteiger partial charge in [0.1, 0.15) is 6.04 Å². The van der Waals surface area contributed by atoms with Crippen LogP contribution in [0.25, 0.3) is 0 Å². The summed E-state index contributed by atoms with van der Waals surface area (Å²) in [6.45, 7) is 3.74. The Hall–Kier alpha value is -2.59. The van der Waals surface area contributed by atoms with E-state index in [2.05, 4.69) is 5.32 Å². The van der Waals surface area contributed by atoms with E-state index in [-0.39, 0.29) is 23.8 Å². The topological polar surface area (TPSA) is 159 Å². The van der Waals surface area contributed by atoms with Gasteiger partial charge in [-0.3, -0.25) is 24.4 Å². The van der Waals surface area contributed by atoms with Crippen LogP contribution in [0.2, 0.25) is 0 Å². The highest BCUT2D eigenvalue weighted by Gasteiger charge is 2.35. The van der Waals surface area contributed by atoms with Crippen molar-refractivity contribution in [2.24, 2.45) is 23.5 Å². The number of carboxylic acids is 1. The van der Waals surface area contributed by atoms with Crippen LogP contribution >= 0.6 is 11.8 Å². The van der Waals surface area contributed by atoms with Gasteiger partial charge in [0.25, 0.3) is 0 Å². The molecule has 3 atom stereocenters. The van der Waals surface area contributed by atoms with Crippen molar-refractivity contribution in [2.75, 3.05) is 11.5 Å². The van der Waals surface area contributed by atoms with Gasteiger partial charge in [-0.1, -0.05) is 44.2 Å². The van der Waals surface area contributed by atoms with E-state index in [1.807, 2.05) is 19.9 Å². The predicted molar refractivity (Wildman–Crippen MR) is 113 cm³/mol. The maximum absolute atomic E-state index is 13.0. The molecule has 0 bridgehead atoms. The molecule has 1 rings (SSSR count). The van der Waals surface area contributed by atoms with Crippen LogP contribution in [-0.4, -0.2) is 51.6 Å². The van der Waals surface area contributed by atoms with Crippen molar-refractivity contribution in [3.63, 3.8) is 0 Å². The van der Waals surface area contributed by atoms with Gasteiger partial charge in [-0.25, -0.2) is 5.48 Å². The molecule has 3 amide bonds. The number of thioether (sulfide) groups is 1. The van der Waals surface area contributed by atoms with E-state index in [1.54, 1.807) is 29.7 Å². The van der Waals surface area contributed by atoms with Crippen molar-refractivity contribution in [3.8, 4) is 0 Å². The van der Waals surface area contributed by atoms with Crippen molar-refractivity contribution in [3.05, 3.63) is 35.9 Å². The Kier molecular flexibility index (Phi) is 10.9. The fourth-order valence-corrected chi connectivity index (χ4v) is 3.97. The summed E-state index contributed by atoms with van der Waals surface area (Å²) in [4.78, 5) is 48.0. The molecule has 166 valence electrons. The van der Waals surface area contributed by atoms with Crippen molar-refractivity contribution < 1.29 is 29.5 Å². The predicted octanol–water partition coefficient (Wildman–Crippen LogP) is 0.801. The lowest BCUT2D eigenvalue weighted by molar-refractivity contribution is -0.140. The van der Waals surface area contributed by atoms with Crippen LogP contribution in [0.4, 0.5) is 0 Å². The number of nitrogens with two attached hydrogens (primary N) is 1. The first kappa shape index (κ1) is 25.4. The molecular formula is C20H29N3O6S. The summed E-state index contributed by atoms with van der Waals surface area (Å²) in [5.74, 6) is -5.15. The van der Waals surface area contributed by atoms with Gasteiger partial charge in [-0.15, -0.1) is 11.8 Å². The number of hydroxylamine groups is 1. The molecule has 10 heteroatoms. The van der Waals surface area contributed by atoms with Gasteiger partial charge in [0.05, 0.1) is 17.6 Å². The van der Waals surface area contributed by atoms with E-state index in [1.165, 1.54) is 0 Å². The zero-order chi connectivity index (χ0) is 22.7. The first-order chi connectivity index (χ1) is 14.1. The lowest BCUT2D eigenvalue weighted by Crippen LogP contribution is -2.51. The molecule has 0 radical (unpaired) electrons. The van der Waals surface area contributed by atoms with Crippen molar-refractivity contribution in [1.29, 1.82) is 0 Å². The number of nitrogens with one attached hydrogen (secondary N) is 2. The Labute approximate surface area is 179 Å². The molecule has 1 aromatic carbocycles. The van der Waals surface area contributed by atoms with E-state index < -0.39 is 41.6 Å². The normalized spacial score (nSPS) is 13.9. The van der Waals surface area contributed by atoms with Crippen LogP contribution in [0.15, 0.2) is 30.3 Å². The van der Waals surface area contributed by atoms with Crippen LogP contribution in [-0.2, 0) is 25.6 Å². The molecule has 0 unspecified atom stereocenters. The molecule has 0 spiro atoms. The number of rotatable bonds is 13. The number of carboxylic acid groups (broad SMARTS) is 1. The third-order valence-electron chi connectivity index (χ3n) is 4.46. The monoisotopic (exact) mass is 439 g/mol.